The van der Waals surface area contributed by atoms with Gasteiger partial charge in [-0.1, -0.05) is 34.8 Å². The number of carbonyl (C=O) groups excluding carboxylic acids is 1. The molecule has 0 saturated heterocycles. The SMILES string of the molecule is Cc1ccc(Br)c(C(=O)Nc2cc(Cl)cc(Cl)c2)c1. The van der Waals surface area contributed by atoms with Gasteiger partial charge >= 0.3 is 0 Å². The van der Waals surface area contributed by atoms with Gasteiger partial charge < -0.3 is 5.32 Å². The van der Waals surface area contributed by atoms with E-state index in [9.17, 15) is 4.79 Å². The lowest BCUT2D eigenvalue weighted by Gasteiger charge is -2.08. The number of rotatable bonds is 2. The monoisotopic (exact) mass is 357 g/mol. The average Bonchev–Trinajstić information content (AvgIpc) is 2.30. The fourth-order valence-electron chi connectivity index (χ4n) is 1.64. The van der Waals surface area contributed by atoms with Crippen LogP contribution in [0.5, 0.6) is 0 Å². The van der Waals surface area contributed by atoms with E-state index in [0.717, 1.165) is 10.0 Å². The van der Waals surface area contributed by atoms with Gasteiger partial charge in [0.15, 0.2) is 0 Å². The summed E-state index contributed by atoms with van der Waals surface area (Å²) in [7, 11) is 0. The van der Waals surface area contributed by atoms with E-state index in [4.69, 9.17) is 23.2 Å². The summed E-state index contributed by atoms with van der Waals surface area (Å²) in [5.74, 6) is -0.214. The molecule has 0 aliphatic carbocycles. The highest BCUT2D eigenvalue weighted by molar-refractivity contribution is 9.10. The van der Waals surface area contributed by atoms with E-state index in [1.165, 1.54) is 0 Å². The van der Waals surface area contributed by atoms with E-state index in [-0.39, 0.29) is 5.91 Å². The van der Waals surface area contributed by atoms with Crippen LogP contribution in [-0.2, 0) is 0 Å². The Morgan fingerprint density at radius 2 is 1.74 bits per heavy atom. The number of amides is 1. The first-order valence-electron chi connectivity index (χ1n) is 5.49. The van der Waals surface area contributed by atoms with Crippen LogP contribution in [0.15, 0.2) is 40.9 Å². The molecule has 2 nitrogen and oxygen atoms in total. The third-order valence-electron chi connectivity index (χ3n) is 2.49. The van der Waals surface area contributed by atoms with Crippen LogP contribution < -0.4 is 5.32 Å². The zero-order chi connectivity index (χ0) is 14.0. The first kappa shape index (κ1) is 14.4. The Kier molecular flexibility index (Phi) is 4.50. The van der Waals surface area contributed by atoms with Crippen LogP contribution in [0.25, 0.3) is 0 Å². The van der Waals surface area contributed by atoms with E-state index in [1.54, 1.807) is 18.2 Å². The largest absolute Gasteiger partial charge is 0.322 e. The number of nitrogens with one attached hydrogen (secondary N) is 1. The van der Waals surface area contributed by atoms with Crippen LogP contribution in [0.3, 0.4) is 0 Å². The Balaban J connectivity index is 2.28. The molecule has 98 valence electrons. The Hall–Kier alpha value is -1.03. The van der Waals surface area contributed by atoms with E-state index in [0.29, 0.717) is 21.3 Å². The zero-order valence-electron chi connectivity index (χ0n) is 10.0. The summed E-state index contributed by atoms with van der Waals surface area (Å²) in [5.41, 5.74) is 2.14. The van der Waals surface area contributed by atoms with Gasteiger partial charge in [0.1, 0.15) is 0 Å². The molecule has 0 heterocycles. The molecule has 0 unspecified atom stereocenters. The van der Waals surface area contributed by atoms with Crippen molar-refractivity contribution in [2.75, 3.05) is 5.32 Å². The maximum atomic E-state index is 12.2. The van der Waals surface area contributed by atoms with E-state index < -0.39 is 0 Å². The number of aryl methyl sites for hydroxylation is 1. The summed E-state index contributed by atoms with van der Waals surface area (Å²) < 4.78 is 0.740. The van der Waals surface area contributed by atoms with Crippen molar-refractivity contribution in [2.45, 2.75) is 6.92 Å². The van der Waals surface area contributed by atoms with Gasteiger partial charge in [-0.05, 0) is 53.2 Å². The average molecular weight is 359 g/mol. The Bertz CT molecular complexity index is 623. The molecule has 0 fully saturated rings. The number of halogens is 3. The first-order chi connectivity index (χ1) is 8.95. The normalized spacial score (nSPS) is 10.3. The highest BCUT2D eigenvalue weighted by Gasteiger charge is 2.11. The van der Waals surface area contributed by atoms with Crippen molar-refractivity contribution >= 4 is 50.7 Å². The molecule has 0 aliphatic heterocycles. The Labute approximate surface area is 129 Å². The maximum absolute atomic E-state index is 12.2. The van der Waals surface area contributed by atoms with Crippen LogP contribution in [0.1, 0.15) is 15.9 Å². The quantitative estimate of drug-likeness (QED) is 0.773. The van der Waals surface area contributed by atoms with Gasteiger partial charge in [-0.15, -0.1) is 0 Å². The molecule has 19 heavy (non-hydrogen) atoms. The lowest BCUT2D eigenvalue weighted by Crippen LogP contribution is -2.12. The minimum absolute atomic E-state index is 0.214. The molecule has 0 radical (unpaired) electrons. The standard InChI is InChI=1S/C14H10BrCl2NO/c1-8-2-3-13(15)12(4-8)14(19)18-11-6-9(16)5-10(17)7-11/h2-7H,1H3,(H,18,19). The smallest absolute Gasteiger partial charge is 0.256 e. The summed E-state index contributed by atoms with van der Waals surface area (Å²) in [6.07, 6.45) is 0. The van der Waals surface area contributed by atoms with E-state index >= 15 is 0 Å². The summed E-state index contributed by atoms with van der Waals surface area (Å²) in [5, 5.41) is 3.73. The van der Waals surface area contributed by atoms with Crippen LogP contribution in [0.2, 0.25) is 10.0 Å². The highest BCUT2D eigenvalue weighted by atomic mass is 79.9. The van der Waals surface area contributed by atoms with E-state index in [2.05, 4.69) is 21.2 Å². The molecule has 5 heteroatoms. The molecule has 0 aliphatic rings. The molecule has 0 spiro atoms. The van der Waals surface area contributed by atoms with Gasteiger partial charge in [0, 0.05) is 20.2 Å². The Morgan fingerprint density at radius 3 is 2.37 bits per heavy atom. The molecule has 2 rings (SSSR count). The molecule has 0 bridgehead atoms. The second kappa shape index (κ2) is 5.95. The molecule has 0 saturated carbocycles. The van der Waals surface area contributed by atoms with Crippen molar-refractivity contribution in [2.24, 2.45) is 0 Å². The molecular formula is C14H10BrCl2NO. The summed E-state index contributed by atoms with van der Waals surface area (Å²) in [6, 6.07) is 10.5. The number of anilines is 1. The molecule has 2 aromatic carbocycles. The topological polar surface area (TPSA) is 29.1 Å². The third kappa shape index (κ3) is 3.72. The van der Waals surface area contributed by atoms with Crippen molar-refractivity contribution in [1.29, 1.82) is 0 Å². The van der Waals surface area contributed by atoms with Crippen molar-refractivity contribution < 1.29 is 4.79 Å². The van der Waals surface area contributed by atoms with Gasteiger partial charge in [-0.3, -0.25) is 4.79 Å². The van der Waals surface area contributed by atoms with Crippen molar-refractivity contribution in [3.8, 4) is 0 Å². The van der Waals surface area contributed by atoms with Gasteiger partial charge in [0.25, 0.3) is 5.91 Å². The minimum Gasteiger partial charge on any atom is -0.322 e. The summed E-state index contributed by atoms with van der Waals surface area (Å²) in [6.45, 7) is 1.93. The maximum Gasteiger partial charge on any atom is 0.256 e. The fourth-order valence-corrected chi connectivity index (χ4v) is 2.59. The molecule has 2 aromatic rings. The molecule has 0 aromatic heterocycles. The van der Waals surface area contributed by atoms with Crippen molar-refractivity contribution in [3.05, 3.63) is 62.0 Å². The molecule has 0 atom stereocenters. The summed E-state index contributed by atoms with van der Waals surface area (Å²) in [4.78, 5) is 12.2. The number of carbonyl (C=O) groups is 1. The molecule has 1 N–H and O–H groups in total. The van der Waals surface area contributed by atoms with Gasteiger partial charge in [0.05, 0.1) is 5.56 Å². The van der Waals surface area contributed by atoms with Crippen LogP contribution in [0, 0.1) is 6.92 Å². The van der Waals surface area contributed by atoms with Crippen molar-refractivity contribution in [3.63, 3.8) is 0 Å². The predicted molar refractivity (Wildman–Crippen MR) is 83.3 cm³/mol. The molecular weight excluding hydrogens is 349 g/mol. The van der Waals surface area contributed by atoms with E-state index in [1.807, 2.05) is 25.1 Å². The zero-order valence-corrected chi connectivity index (χ0v) is 13.1. The van der Waals surface area contributed by atoms with Gasteiger partial charge in [-0.2, -0.15) is 0 Å². The summed E-state index contributed by atoms with van der Waals surface area (Å²) >= 11 is 15.1. The Morgan fingerprint density at radius 1 is 1.11 bits per heavy atom. The fraction of sp³-hybridized carbons (Fsp3) is 0.0714. The molecule has 1 amide bonds. The number of hydrogen-bond acceptors (Lipinski definition) is 1. The lowest BCUT2D eigenvalue weighted by molar-refractivity contribution is 0.102. The number of hydrogen-bond donors (Lipinski definition) is 1. The third-order valence-corrected chi connectivity index (χ3v) is 3.61. The van der Waals surface area contributed by atoms with Gasteiger partial charge in [-0.25, -0.2) is 0 Å². The lowest BCUT2D eigenvalue weighted by atomic mass is 10.1. The number of benzene rings is 2. The second-order valence-electron chi connectivity index (χ2n) is 4.10. The van der Waals surface area contributed by atoms with Crippen LogP contribution in [-0.4, -0.2) is 5.91 Å². The van der Waals surface area contributed by atoms with Crippen LogP contribution >= 0.6 is 39.1 Å². The first-order valence-corrected chi connectivity index (χ1v) is 7.04. The highest BCUT2D eigenvalue weighted by Crippen LogP contribution is 2.24. The predicted octanol–water partition coefficient (Wildman–Crippen LogP) is 5.32. The second-order valence-corrected chi connectivity index (χ2v) is 5.82. The van der Waals surface area contributed by atoms with Crippen molar-refractivity contribution in [1.82, 2.24) is 0 Å². The van der Waals surface area contributed by atoms with Crippen LogP contribution in [0.4, 0.5) is 5.69 Å². The van der Waals surface area contributed by atoms with Gasteiger partial charge in [0.2, 0.25) is 0 Å². The minimum atomic E-state index is -0.214.